The highest BCUT2D eigenvalue weighted by molar-refractivity contribution is 6.31. The fraction of sp³-hybridized carbons (Fsp3) is 0.125. The Kier molecular flexibility index (Phi) is 6.09. The summed E-state index contributed by atoms with van der Waals surface area (Å²) >= 11 is 6.11. The van der Waals surface area contributed by atoms with Crippen molar-refractivity contribution in [1.29, 1.82) is 0 Å². The summed E-state index contributed by atoms with van der Waals surface area (Å²) in [6.45, 7) is 0.0714. The van der Waals surface area contributed by atoms with Crippen LogP contribution >= 0.6 is 11.6 Å². The van der Waals surface area contributed by atoms with E-state index < -0.39 is 12.0 Å². The number of amides is 2. The third-order valence-electron chi connectivity index (χ3n) is 5.05. The van der Waals surface area contributed by atoms with Crippen molar-refractivity contribution >= 4 is 40.6 Å². The molecule has 0 saturated heterocycles. The predicted octanol–water partition coefficient (Wildman–Crippen LogP) is 3.26. The molecule has 1 atom stereocenters. The molecular formula is C24H20ClN3O4. The van der Waals surface area contributed by atoms with E-state index in [9.17, 15) is 14.4 Å². The molecule has 3 N–H and O–H groups in total. The number of anilines is 2. The minimum atomic E-state index is -0.872. The molecule has 1 aliphatic rings. The highest BCUT2D eigenvalue weighted by atomic mass is 35.5. The smallest absolute Gasteiger partial charge is 0.260 e. The highest BCUT2D eigenvalue weighted by Crippen LogP contribution is 2.33. The number of benzene rings is 3. The molecule has 0 bridgehead atoms. The third kappa shape index (κ3) is 4.58. The van der Waals surface area contributed by atoms with E-state index in [1.807, 2.05) is 12.1 Å². The fourth-order valence-corrected chi connectivity index (χ4v) is 3.70. The Hall–Kier alpha value is -3.84. The number of halogens is 1. The highest BCUT2D eigenvalue weighted by Gasteiger charge is 2.30. The zero-order valence-corrected chi connectivity index (χ0v) is 17.7. The average molecular weight is 450 g/mol. The maximum absolute atomic E-state index is 13.0. The molecule has 32 heavy (non-hydrogen) atoms. The van der Waals surface area contributed by atoms with Gasteiger partial charge in [-0.15, -0.1) is 0 Å². The molecule has 0 fully saturated rings. The number of para-hydroxylation sites is 2. The number of fused-ring (bicyclic) bond motifs is 1. The molecule has 7 nitrogen and oxygen atoms in total. The number of primary amides is 1. The van der Waals surface area contributed by atoms with Gasteiger partial charge in [0.15, 0.2) is 11.9 Å². The van der Waals surface area contributed by atoms with Crippen molar-refractivity contribution in [1.82, 2.24) is 0 Å². The van der Waals surface area contributed by atoms with Crippen LogP contribution in [-0.4, -0.2) is 36.8 Å². The second-order valence-electron chi connectivity index (χ2n) is 7.29. The van der Waals surface area contributed by atoms with Gasteiger partial charge in [-0.3, -0.25) is 14.4 Å². The number of nitrogens with zero attached hydrogens (tertiary/aromatic N) is 1. The van der Waals surface area contributed by atoms with Crippen LogP contribution in [0.25, 0.3) is 0 Å². The Labute approximate surface area is 189 Å². The number of nitrogens with one attached hydrogen (secondary N) is 1. The van der Waals surface area contributed by atoms with Crippen LogP contribution in [0, 0.1) is 0 Å². The van der Waals surface area contributed by atoms with Gasteiger partial charge in [-0.2, -0.15) is 0 Å². The van der Waals surface area contributed by atoms with Gasteiger partial charge in [-0.1, -0.05) is 54.1 Å². The molecule has 1 unspecified atom stereocenters. The number of ketones is 1. The minimum absolute atomic E-state index is 0.0637. The van der Waals surface area contributed by atoms with E-state index >= 15 is 0 Å². The quantitative estimate of drug-likeness (QED) is 0.562. The second kappa shape index (κ2) is 9.11. The van der Waals surface area contributed by atoms with Crippen LogP contribution in [0.5, 0.6) is 5.75 Å². The molecule has 0 radical (unpaired) electrons. The molecule has 3 aromatic rings. The van der Waals surface area contributed by atoms with Crippen LogP contribution in [0.15, 0.2) is 72.8 Å². The first-order valence-electron chi connectivity index (χ1n) is 9.91. The summed E-state index contributed by atoms with van der Waals surface area (Å²) in [6, 6.07) is 20.6. The predicted molar refractivity (Wildman–Crippen MR) is 122 cm³/mol. The van der Waals surface area contributed by atoms with Gasteiger partial charge < -0.3 is 20.7 Å². The van der Waals surface area contributed by atoms with E-state index in [-0.39, 0.29) is 30.3 Å². The van der Waals surface area contributed by atoms with E-state index in [2.05, 4.69) is 5.32 Å². The molecule has 8 heteroatoms. The molecule has 1 heterocycles. The minimum Gasteiger partial charge on any atom is -0.477 e. The van der Waals surface area contributed by atoms with Crippen molar-refractivity contribution < 1.29 is 19.1 Å². The Morgan fingerprint density at radius 3 is 2.50 bits per heavy atom. The van der Waals surface area contributed by atoms with Crippen molar-refractivity contribution in [2.75, 3.05) is 23.3 Å². The maximum atomic E-state index is 13.0. The van der Waals surface area contributed by atoms with E-state index in [1.54, 1.807) is 59.5 Å². The Bertz CT molecular complexity index is 1180. The largest absolute Gasteiger partial charge is 0.477 e. The number of ether oxygens (including phenoxy) is 1. The average Bonchev–Trinajstić information content (AvgIpc) is 2.80. The summed E-state index contributed by atoms with van der Waals surface area (Å²) in [5, 5.41) is 3.18. The Balaban J connectivity index is 1.56. The Morgan fingerprint density at radius 1 is 1.03 bits per heavy atom. The lowest BCUT2D eigenvalue weighted by atomic mass is 10.0. The van der Waals surface area contributed by atoms with E-state index in [1.165, 1.54) is 6.07 Å². The van der Waals surface area contributed by atoms with E-state index in [0.29, 0.717) is 27.7 Å². The normalized spacial score (nSPS) is 14.8. The first kappa shape index (κ1) is 21.4. The topological polar surface area (TPSA) is 102 Å². The van der Waals surface area contributed by atoms with Crippen LogP contribution in [-0.2, 0) is 9.59 Å². The first-order valence-corrected chi connectivity index (χ1v) is 10.3. The van der Waals surface area contributed by atoms with Crippen molar-refractivity contribution in [3.05, 3.63) is 88.9 Å². The third-order valence-corrected chi connectivity index (χ3v) is 5.28. The molecule has 0 saturated carbocycles. The number of carbonyl (C=O) groups is 3. The SMILES string of the molecule is NC(=O)C1CN(CC(=O)Nc2ccc(Cl)cc2C(=O)c2ccccc2)c2ccccc2O1. The van der Waals surface area contributed by atoms with Gasteiger partial charge in [-0.25, -0.2) is 0 Å². The first-order chi connectivity index (χ1) is 15.4. The zero-order valence-electron chi connectivity index (χ0n) is 17.0. The number of hydrogen-bond acceptors (Lipinski definition) is 5. The molecule has 0 aliphatic carbocycles. The standard InChI is InChI=1S/C24H20ClN3O4/c25-16-10-11-18(17(12-16)23(30)15-6-2-1-3-7-15)27-22(29)14-28-13-21(24(26)31)32-20-9-5-4-8-19(20)28/h1-12,21H,13-14H2,(H2,26,31)(H,27,29). The molecule has 162 valence electrons. The lowest BCUT2D eigenvalue weighted by molar-refractivity contribution is -0.125. The van der Waals surface area contributed by atoms with Gasteiger partial charge >= 0.3 is 0 Å². The van der Waals surface area contributed by atoms with Crippen LogP contribution < -0.4 is 20.7 Å². The summed E-state index contributed by atoms with van der Waals surface area (Å²) in [5.74, 6) is -0.761. The van der Waals surface area contributed by atoms with Crippen LogP contribution in [0.1, 0.15) is 15.9 Å². The van der Waals surface area contributed by atoms with E-state index in [4.69, 9.17) is 22.1 Å². The number of nitrogens with two attached hydrogens (primary N) is 1. The molecule has 4 rings (SSSR count). The van der Waals surface area contributed by atoms with Gasteiger partial charge in [0.25, 0.3) is 5.91 Å². The number of carbonyl (C=O) groups excluding carboxylic acids is 3. The monoisotopic (exact) mass is 449 g/mol. The lowest BCUT2D eigenvalue weighted by Gasteiger charge is -2.34. The molecule has 3 aromatic carbocycles. The summed E-state index contributed by atoms with van der Waals surface area (Å²) in [5.41, 5.74) is 7.22. The maximum Gasteiger partial charge on any atom is 0.260 e. The van der Waals surface area contributed by atoms with Crippen LogP contribution in [0.4, 0.5) is 11.4 Å². The summed E-state index contributed by atoms with van der Waals surface area (Å²) in [4.78, 5) is 39.3. The van der Waals surface area contributed by atoms with Crippen molar-refractivity contribution in [2.45, 2.75) is 6.10 Å². The van der Waals surface area contributed by atoms with Gasteiger partial charge in [0.2, 0.25) is 5.91 Å². The van der Waals surface area contributed by atoms with Gasteiger partial charge in [-0.05, 0) is 30.3 Å². The fourth-order valence-electron chi connectivity index (χ4n) is 3.53. The van der Waals surface area contributed by atoms with Crippen molar-refractivity contribution in [2.24, 2.45) is 5.73 Å². The number of rotatable bonds is 6. The molecule has 0 aromatic heterocycles. The van der Waals surface area contributed by atoms with Crippen LogP contribution in [0.2, 0.25) is 5.02 Å². The van der Waals surface area contributed by atoms with E-state index in [0.717, 1.165) is 0 Å². The molecule has 2 amide bonds. The molecule has 0 spiro atoms. The molecule has 1 aliphatic heterocycles. The lowest BCUT2D eigenvalue weighted by Crippen LogP contribution is -2.49. The summed E-state index contributed by atoms with van der Waals surface area (Å²) in [7, 11) is 0. The van der Waals surface area contributed by atoms with Gasteiger partial charge in [0.1, 0.15) is 5.75 Å². The van der Waals surface area contributed by atoms with Crippen LogP contribution in [0.3, 0.4) is 0 Å². The zero-order chi connectivity index (χ0) is 22.7. The number of hydrogen-bond donors (Lipinski definition) is 2. The van der Waals surface area contributed by atoms with Crippen molar-refractivity contribution in [3.8, 4) is 5.75 Å². The second-order valence-corrected chi connectivity index (χ2v) is 7.73. The van der Waals surface area contributed by atoms with Crippen molar-refractivity contribution in [3.63, 3.8) is 0 Å². The van der Waals surface area contributed by atoms with Gasteiger partial charge in [0.05, 0.1) is 24.5 Å². The summed E-state index contributed by atoms with van der Waals surface area (Å²) in [6.07, 6.45) is -0.872. The van der Waals surface area contributed by atoms with Gasteiger partial charge in [0, 0.05) is 16.1 Å². The Morgan fingerprint density at radius 2 is 1.75 bits per heavy atom. The summed E-state index contributed by atoms with van der Waals surface area (Å²) < 4.78 is 5.63. The molecular weight excluding hydrogens is 430 g/mol.